The van der Waals surface area contributed by atoms with Crippen LogP contribution in [0.4, 0.5) is 0 Å². The average molecular weight is 269 g/mol. The van der Waals surface area contributed by atoms with Crippen LogP contribution in [0.5, 0.6) is 5.75 Å². The number of ether oxygens (including phenoxy) is 1. The van der Waals surface area contributed by atoms with Crippen molar-refractivity contribution in [3.63, 3.8) is 0 Å². The van der Waals surface area contributed by atoms with Crippen LogP contribution in [0.15, 0.2) is 18.2 Å². The van der Waals surface area contributed by atoms with Gasteiger partial charge in [-0.3, -0.25) is 4.79 Å². The monoisotopic (exact) mass is 268 g/mol. The first-order valence-electron chi connectivity index (χ1n) is 6.51. The Kier molecular flexibility index (Phi) is 6.81. The zero-order valence-corrected chi connectivity index (χ0v) is 11.9. The number of Topliss-reactive ketones (excluding diaryl/α,β-unsaturated/α-hetero) is 1. The van der Waals surface area contributed by atoms with Crippen molar-refractivity contribution < 1.29 is 9.53 Å². The van der Waals surface area contributed by atoms with E-state index in [-0.39, 0.29) is 5.78 Å². The van der Waals surface area contributed by atoms with Gasteiger partial charge >= 0.3 is 0 Å². The largest absolute Gasteiger partial charge is 0.493 e. The molecule has 0 saturated carbocycles. The fraction of sp³-hybridized carbons (Fsp3) is 0.533. The molecule has 0 aromatic heterocycles. The van der Waals surface area contributed by atoms with Gasteiger partial charge in [0.1, 0.15) is 5.75 Å². The van der Waals surface area contributed by atoms with Crippen LogP contribution in [-0.4, -0.2) is 18.3 Å². The van der Waals surface area contributed by atoms with E-state index in [1.54, 1.807) is 0 Å². The molecule has 0 aliphatic carbocycles. The van der Waals surface area contributed by atoms with Gasteiger partial charge in [-0.2, -0.15) is 0 Å². The molecule has 2 nitrogen and oxygen atoms in total. The topological polar surface area (TPSA) is 26.3 Å². The van der Waals surface area contributed by atoms with Gasteiger partial charge in [-0.05, 0) is 31.9 Å². The summed E-state index contributed by atoms with van der Waals surface area (Å²) >= 11 is 5.62. The fourth-order valence-corrected chi connectivity index (χ4v) is 1.81. The number of ketones is 1. The van der Waals surface area contributed by atoms with E-state index in [9.17, 15) is 4.79 Å². The van der Waals surface area contributed by atoms with Gasteiger partial charge in [0.15, 0.2) is 5.78 Å². The van der Waals surface area contributed by atoms with E-state index in [4.69, 9.17) is 16.3 Å². The Balaban J connectivity index is 2.78. The number of alkyl halides is 1. The summed E-state index contributed by atoms with van der Waals surface area (Å²) in [5.41, 5.74) is 1.77. The molecular weight excluding hydrogens is 248 g/mol. The van der Waals surface area contributed by atoms with Crippen molar-refractivity contribution in [1.29, 1.82) is 0 Å². The Morgan fingerprint density at radius 1 is 1.33 bits per heavy atom. The van der Waals surface area contributed by atoms with Crippen molar-refractivity contribution in [2.45, 2.75) is 39.5 Å². The van der Waals surface area contributed by atoms with Crippen LogP contribution >= 0.6 is 11.6 Å². The lowest BCUT2D eigenvalue weighted by atomic mass is 10.0. The lowest BCUT2D eigenvalue weighted by Crippen LogP contribution is -2.06. The van der Waals surface area contributed by atoms with Gasteiger partial charge in [-0.1, -0.05) is 25.0 Å². The van der Waals surface area contributed by atoms with Gasteiger partial charge in [0.2, 0.25) is 0 Å². The summed E-state index contributed by atoms with van der Waals surface area (Å²) in [6.07, 6.45) is 3.28. The number of benzene rings is 1. The fourth-order valence-electron chi connectivity index (χ4n) is 1.68. The minimum atomic E-state index is 0.117. The molecule has 1 aromatic carbocycles. The molecule has 0 atom stereocenters. The molecule has 0 heterocycles. The third-order valence-electron chi connectivity index (χ3n) is 2.73. The number of carbonyl (C=O) groups excluding carboxylic acids is 1. The number of rotatable bonds is 8. The molecule has 1 aromatic rings. The average Bonchev–Trinajstić information content (AvgIpc) is 2.38. The molecular formula is C15H21ClO2. The molecule has 0 aliphatic heterocycles. The molecule has 0 radical (unpaired) electrons. The second kappa shape index (κ2) is 8.15. The van der Waals surface area contributed by atoms with Crippen molar-refractivity contribution in [2.75, 3.05) is 12.5 Å². The third-order valence-corrected chi connectivity index (χ3v) is 3.00. The van der Waals surface area contributed by atoms with E-state index < -0.39 is 0 Å². The number of carbonyl (C=O) groups is 1. The first kappa shape index (κ1) is 15.0. The summed E-state index contributed by atoms with van der Waals surface area (Å²) in [5, 5.41) is 0. The smallest absolute Gasteiger partial charge is 0.166 e. The predicted octanol–water partition coefficient (Wildman–Crippen LogP) is 4.38. The van der Waals surface area contributed by atoms with Gasteiger partial charge < -0.3 is 4.74 Å². The predicted molar refractivity (Wildman–Crippen MR) is 75.9 cm³/mol. The maximum Gasteiger partial charge on any atom is 0.166 e. The minimum absolute atomic E-state index is 0.117. The Labute approximate surface area is 114 Å². The zero-order valence-electron chi connectivity index (χ0n) is 11.2. The second-order valence-electron chi connectivity index (χ2n) is 4.42. The van der Waals surface area contributed by atoms with Crippen molar-refractivity contribution in [1.82, 2.24) is 0 Å². The van der Waals surface area contributed by atoms with E-state index in [0.29, 0.717) is 36.6 Å². The summed E-state index contributed by atoms with van der Waals surface area (Å²) in [5.74, 6) is 1.34. The summed E-state index contributed by atoms with van der Waals surface area (Å²) in [6.45, 7) is 4.76. The molecule has 0 unspecified atom stereocenters. The molecule has 0 aliphatic rings. The molecule has 18 heavy (non-hydrogen) atoms. The maximum absolute atomic E-state index is 12.1. The van der Waals surface area contributed by atoms with Crippen molar-refractivity contribution in [3.8, 4) is 5.75 Å². The van der Waals surface area contributed by atoms with Gasteiger partial charge in [0.25, 0.3) is 0 Å². The Morgan fingerprint density at radius 2 is 2.11 bits per heavy atom. The summed E-state index contributed by atoms with van der Waals surface area (Å²) in [4.78, 5) is 12.1. The number of aryl methyl sites for hydroxylation is 1. The van der Waals surface area contributed by atoms with Crippen molar-refractivity contribution in [3.05, 3.63) is 29.3 Å². The van der Waals surface area contributed by atoms with Crippen LogP contribution in [-0.2, 0) is 0 Å². The van der Waals surface area contributed by atoms with Crippen LogP contribution in [0.25, 0.3) is 0 Å². The van der Waals surface area contributed by atoms with Crippen LogP contribution in [0.2, 0.25) is 0 Å². The van der Waals surface area contributed by atoms with E-state index in [2.05, 4.69) is 6.92 Å². The summed E-state index contributed by atoms with van der Waals surface area (Å²) < 4.78 is 5.68. The SMILES string of the molecule is CCCCOc1ccc(C)cc1C(=O)CCCCl. The molecule has 100 valence electrons. The lowest BCUT2D eigenvalue weighted by molar-refractivity contribution is 0.0978. The van der Waals surface area contributed by atoms with Gasteiger partial charge in [-0.25, -0.2) is 0 Å². The summed E-state index contributed by atoms with van der Waals surface area (Å²) in [7, 11) is 0. The molecule has 0 bridgehead atoms. The third kappa shape index (κ3) is 4.69. The first-order valence-corrected chi connectivity index (χ1v) is 7.05. The van der Waals surface area contributed by atoms with Crippen LogP contribution < -0.4 is 4.74 Å². The minimum Gasteiger partial charge on any atom is -0.493 e. The van der Waals surface area contributed by atoms with Crippen LogP contribution in [0.1, 0.15) is 48.5 Å². The normalized spacial score (nSPS) is 10.4. The maximum atomic E-state index is 12.1. The molecule has 0 spiro atoms. The van der Waals surface area contributed by atoms with E-state index in [0.717, 1.165) is 18.4 Å². The standard InChI is InChI=1S/C15H21ClO2/c1-3-4-10-18-15-8-7-12(2)11-13(15)14(17)6-5-9-16/h7-8,11H,3-6,9-10H2,1-2H3. The molecule has 3 heteroatoms. The lowest BCUT2D eigenvalue weighted by Gasteiger charge is -2.11. The number of hydrogen-bond acceptors (Lipinski definition) is 2. The van der Waals surface area contributed by atoms with E-state index >= 15 is 0 Å². The van der Waals surface area contributed by atoms with Gasteiger partial charge in [-0.15, -0.1) is 11.6 Å². The van der Waals surface area contributed by atoms with Crippen molar-refractivity contribution in [2.24, 2.45) is 0 Å². The van der Waals surface area contributed by atoms with Crippen molar-refractivity contribution >= 4 is 17.4 Å². The highest BCUT2D eigenvalue weighted by Crippen LogP contribution is 2.22. The molecule has 0 amide bonds. The highest BCUT2D eigenvalue weighted by Gasteiger charge is 2.12. The quantitative estimate of drug-likeness (QED) is 0.397. The number of unbranched alkanes of at least 4 members (excludes halogenated alkanes) is 1. The van der Waals surface area contributed by atoms with E-state index in [1.807, 2.05) is 25.1 Å². The van der Waals surface area contributed by atoms with Crippen LogP contribution in [0, 0.1) is 6.92 Å². The van der Waals surface area contributed by atoms with E-state index in [1.165, 1.54) is 0 Å². The molecule has 0 N–H and O–H groups in total. The Hall–Kier alpha value is -1.02. The Morgan fingerprint density at radius 3 is 2.78 bits per heavy atom. The first-order chi connectivity index (χ1) is 8.69. The van der Waals surface area contributed by atoms with Gasteiger partial charge in [0.05, 0.1) is 12.2 Å². The number of halogens is 1. The highest BCUT2D eigenvalue weighted by molar-refractivity contribution is 6.18. The highest BCUT2D eigenvalue weighted by atomic mass is 35.5. The Bertz CT molecular complexity index is 388. The molecule has 0 saturated heterocycles. The van der Waals surface area contributed by atoms with Gasteiger partial charge in [0, 0.05) is 12.3 Å². The molecule has 0 fully saturated rings. The molecule has 1 rings (SSSR count). The number of hydrogen-bond donors (Lipinski definition) is 0. The summed E-state index contributed by atoms with van der Waals surface area (Å²) in [6, 6.07) is 5.76. The second-order valence-corrected chi connectivity index (χ2v) is 4.80. The zero-order chi connectivity index (χ0) is 13.4. The van der Waals surface area contributed by atoms with Crippen LogP contribution in [0.3, 0.4) is 0 Å².